The Balaban J connectivity index is 1.38. The van der Waals surface area contributed by atoms with Crippen LogP contribution in [0, 0.1) is 0 Å². The number of benzene rings is 3. The number of hydrogen-bond donors (Lipinski definition) is 1. The van der Waals surface area contributed by atoms with E-state index in [4.69, 9.17) is 9.15 Å². The fourth-order valence-corrected chi connectivity index (χ4v) is 3.49. The molecule has 0 aliphatic carbocycles. The van der Waals surface area contributed by atoms with Crippen molar-refractivity contribution in [3.8, 4) is 5.75 Å². The zero-order valence-corrected chi connectivity index (χ0v) is 16.0. The van der Waals surface area contributed by atoms with Crippen LogP contribution in [0.4, 0.5) is 0 Å². The molecule has 0 aliphatic heterocycles. The maximum Gasteiger partial charge on any atom is 0.135 e. The molecule has 0 bridgehead atoms. The van der Waals surface area contributed by atoms with Gasteiger partial charge in [0.05, 0.1) is 0 Å². The quantitative estimate of drug-likeness (QED) is 0.478. The van der Waals surface area contributed by atoms with E-state index in [0.717, 1.165) is 40.8 Å². The number of aliphatic hydroxyl groups is 1. The normalized spacial score (nSPS) is 12.7. The first-order valence-electron chi connectivity index (χ1n) is 9.71. The zero-order chi connectivity index (χ0) is 19.3. The minimum atomic E-state index is -0.555. The summed E-state index contributed by atoms with van der Waals surface area (Å²) in [6, 6.07) is 24.1. The number of ether oxygens (including phenoxy) is 1. The van der Waals surface area contributed by atoms with Gasteiger partial charge >= 0.3 is 0 Å². The van der Waals surface area contributed by atoms with Gasteiger partial charge in [-0.1, -0.05) is 55.5 Å². The molecule has 1 N–H and O–H groups in total. The second kappa shape index (κ2) is 8.46. The number of hydrogen-bond acceptors (Lipinski definition) is 4. The van der Waals surface area contributed by atoms with Crippen LogP contribution < -0.4 is 4.74 Å². The molecule has 0 aliphatic rings. The zero-order valence-electron chi connectivity index (χ0n) is 16.0. The number of fused-ring (bicyclic) bond motifs is 3. The smallest absolute Gasteiger partial charge is 0.135 e. The van der Waals surface area contributed by atoms with Crippen LogP contribution in [-0.4, -0.2) is 35.8 Å². The molecule has 0 radical (unpaired) electrons. The Morgan fingerprint density at radius 3 is 2.50 bits per heavy atom. The maximum absolute atomic E-state index is 10.4. The van der Waals surface area contributed by atoms with Crippen molar-refractivity contribution >= 4 is 21.9 Å². The predicted molar refractivity (Wildman–Crippen MR) is 113 cm³/mol. The van der Waals surface area contributed by atoms with Gasteiger partial charge in [-0.15, -0.1) is 0 Å². The maximum atomic E-state index is 10.4. The first-order chi connectivity index (χ1) is 13.7. The summed E-state index contributed by atoms with van der Waals surface area (Å²) in [5, 5.41) is 12.6. The van der Waals surface area contributed by atoms with Crippen molar-refractivity contribution in [3.05, 3.63) is 78.4 Å². The van der Waals surface area contributed by atoms with Crippen LogP contribution in [0.1, 0.15) is 12.5 Å². The van der Waals surface area contributed by atoms with Gasteiger partial charge in [0.15, 0.2) is 0 Å². The van der Waals surface area contributed by atoms with Gasteiger partial charge in [-0.05, 0) is 36.4 Å². The van der Waals surface area contributed by atoms with Crippen LogP contribution in [-0.2, 0) is 6.54 Å². The van der Waals surface area contributed by atoms with E-state index < -0.39 is 6.10 Å². The molecule has 1 heterocycles. The highest BCUT2D eigenvalue weighted by molar-refractivity contribution is 6.05. The van der Waals surface area contributed by atoms with Gasteiger partial charge in [0.1, 0.15) is 29.6 Å². The van der Waals surface area contributed by atoms with Crippen molar-refractivity contribution < 1.29 is 14.3 Å². The topological polar surface area (TPSA) is 45.8 Å². The van der Waals surface area contributed by atoms with Gasteiger partial charge in [-0.25, -0.2) is 0 Å². The summed E-state index contributed by atoms with van der Waals surface area (Å²) in [6.45, 7) is 4.63. The van der Waals surface area contributed by atoms with Crippen molar-refractivity contribution in [2.45, 2.75) is 19.6 Å². The minimum absolute atomic E-state index is 0.257. The number of rotatable bonds is 8. The lowest BCUT2D eigenvalue weighted by atomic mass is 10.1. The standard InChI is InChI=1S/C24H25NO3/c1-2-25(15-18-8-4-3-5-9-18)16-19(26)17-27-20-12-13-24-22(14-20)21-10-6-7-11-23(21)28-24/h3-14,19,26H,2,15-17H2,1H3/t19-/m1/s1. The summed E-state index contributed by atoms with van der Waals surface area (Å²) >= 11 is 0. The molecule has 4 nitrogen and oxygen atoms in total. The van der Waals surface area contributed by atoms with E-state index in [2.05, 4.69) is 24.0 Å². The first kappa shape index (κ1) is 18.5. The van der Waals surface area contributed by atoms with Gasteiger partial charge in [0, 0.05) is 23.9 Å². The van der Waals surface area contributed by atoms with Crippen molar-refractivity contribution in [3.63, 3.8) is 0 Å². The van der Waals surface area contributed by atoms with E-state index in [0.29, 0.717) is 6.54 Å². The van der Waals surface area contributed by atoms with Crippen LogP contribution in [0.5, 0.6) is 5.75 Å². The van der Waals surface area contributed by atoms with Gasteiger partial charge in [0.25, 0.3) is 0 Å². The lowest BCUT2D eigenvalue weighted by Crippen LogP contribution is -2.35. The fourth-order valence-electron chi connectivity index (χ4n) is 3.49. The highest BCUT2D eigenvalue weighted by Gasteiger charge is 2.13. The van der Waals surface area contributed by atoms with Crippen LogP contribution in [0.2, 0.25) is 0 Å². The largest absolute Gasteiger partial charge is 0.491 e. The van der Waals surface area contributed by atoms with E-state index >= 15 is 0 Å². The Morgan fingerprint density at radius 2 is 1.68 bits per heavy atom. The van der Waals surface area contributed by atoms with Crippen molar-refractivity contribution in [2.24, 2.45) is 0 Å². The van der Waals surface area contributed by atoms with Gasteiger partial charge in [0.2, 0.25) is 0 Å². The number of furan rings is 1. The summed E-state index contributed by atoms with van der Waals surface area (Å²) in [6.07, 6.45) is -0.555. The van der Waals surface area contributed by atoms with Gasteiger partial charge in [-0.3, -0.25) is 4.90 Å². The third-order valence-corrected chi connectivity index (χ3v) is 4.96. The SMILES string of the molecule is CCN(Cc1ccccc1)C[C@@H](O)COc1ccc2oc3ccccc3c2c1. The average molecular weight is 375 g/mol. The minimum Gasteiger partial charge on any atom is -0.491 e. The molecule has 4 aromatic rings. The molecule has 1 atom stereocenters. The summed E-state index contributed by atoms with van der Waals surface area (Å²) in [4.78, 5) is 2.22. The van der Waals surface area contributed by atoms with E-state index in [1.54, 1.807) is 0 Å². The third-order valence-electron chi connectivity index (χ3n) is 4.96. The van der Waals surface area contributed by atoms with E-state index in [1.165, 1.54) is 5.56 Å². The average Bonchev–Trinajstić information content (AvgIpc) is 3.10. The van der Waals surface area contributed by atoms with Crippen molar-refractivity contribution in [1.82, 2.24) is 4.90 Å². The van der Waals surface area contributed by atoms with Crippen LogP contribution in [0.3, 0.4) is 0 Å². The fraction of sp³-hybridized carbons (Fsp3) is 0.250. The summed E-state index contributed by atoms with van der Waals surface area (Å²) in [5.41, 5.74) is 2.96. The summed E-state index contributed by atoms with van der Waals surface area (Å²) < 4.78 is 11.7. The molecular formula is C24H25NO3. The third kappa shape index (κ3) is 4.19. The number of likely N-dealkylation sites (N-methyl/N-ethyl adjacent to an activating group) is 1. The number of para-hydroxylation sites is 1. The van der Waals surface area contributed by atoms with Crippen molar-refractivity contribution in [1.29, 1.82) is 0 Å². The number of nitrogens with zero attached hydrogens (tertiary/aromatic N) is 1. The van der Waals surface area contributed by atoms with Crippen LogP contribution >= 0.6 is 0 Å². The molecule has 0 spiro atoms. The molecule has 0 saturated heterocycles. The molecule has 4 rings (SSSR count). The van der Waals surface area contributed by atoms with Crippen molar-refractivity contribution in [2.75, 3.05) is 19.7 Å². The Hall–Kier alpha value is -2.82. The summed E-state index contributed by atoms with van der Waals surface area (Å²) in [5.74, 6) is 0.740. The molecule has 0 amide bonds. The Bertz CT molecular complexity index is 1040. The molecule has 4 heteroatoms. The van der Waals surface area contributed by atoms with Crippen LogP contribution in [0.15, 0.2) is 77.2 Å². The number of aliphatic hydroxyl groups excluding tert-OH is 1. The van der Waals surface area contributed by atoms with E-state index in [1.807, 2.05) is 60.7 Å². The monoisotopic (exact) mass is 375 g/mol. The molecule has 28 heavy (non-hydrogen) atoms. The Morgan fingerprint density at radius 1 is 0.929 bits per heavy atom. The van der Waals surface area contributed by atoms with E-state index in [-0.39, 0.29) is 6.61 Å². The first-order valence-corrected chi connectivity index (χ1v) is 9.71. The van der Waals surface area contributed by atoms with Gasteiger partial charge in [-0.2, -0.15) is 0 Å². The molecule has 144 valence electrons. The predicted octanol–water partition coefficient (Wildman–Crippen LogP) is 4.85. The molecule has 3 aromatic carbocycles. The molecule has 0 fully saturated rings. The molecule has 1 aromatic heterocycles. The molecule has 0 saturated carbocycles. The summed E-state index contributed by atoms with van der Waals surface area (Å²) in [7, 11) is 0. The second-order valence-electron chi connectivity index (χ2n) is 7.03. The lowest BCUT2D eigenvalue weighted by Gasteiger charge is -2.23. The Kier molecular flexibility index (Phi) is 5.60. The highest BCUT2D eigenvalue weighted by atomic mass is 16.5. The molecular weight excluding hydrogens is 350 g/mol. The lowest BCUT2D eigenvalue weighted by molar-refractivity contribution is 0.0675. The van der Waals surface area contributed by atoms with Crippen LogP contribution in [0.25, 0.3) is 21.9 Å². The highest BCUT2D eigenvalue weighted by Crippen LogP contribution is 2.31. The second-order valence-corrected chi connectivity index (χ2v) is 7.03. The van der Waals surface area contributed by atoms with Gasteiger partial charge < -0.3 is 14.3 Å². The van der Waals surface area contributed by atoms with E-state index in [9.17, 15) is 5.11 Å². The Labute approximate surface area is 165 Å². The molecule has 0 unspecified atom stereocenters.